The quantitative estimate of drug-likeness (QED) is 0.838. The van der Waals surface area contributed by atoms with Gasteiger partial charge in [0.1, 0.15) is 0 Å². The van der Waals surface area contributed by atoms with E-state index in [-0.39, 0.29) is 5.56 Å². The van der Waals surface area contributed by atoms with Crippen molar-refractivity contribution in [3.05, 3.63) is 50.2 Å². The van der Waals surface area contributed by atoms with Gasteiger partial charge in [-0.3, -0.25) is 4.79 Å². The number of pyridine rings is 1. The molecule has 0 saturated carbocycles. The van der Waals surface area contributed by atoms with Gasteiger partial charge >= 0.3 is 5.97 Å². The number of carboxylic acids is 1. The van der Waals surface area contributed by atoms with Crippen LogP contribution in [0, 0.1) is 6.92 Å². The lowest BCUT2D eigenvalue weighted by molar-refractivity contribution is -0.131. The summed E-state index contributed by atoms with van der Waals surface area (Å²) in [5.41, 5.74) is 1.53. The van der Waals surface area contributed by atoms with E-state index in [0.717, 1.165) is 21.5 Å². The van der Waals surface area contributed by atoms with Crippen LogP contribution < -0.4 is 5.56 Å². The van der Waals surface area contributed by atoms with Gasteiger partial charge in [0.05, 0.1) is 5.52 Å². The molecule has 0 aliphatic carbocycles. The van der Waals surface area contributed by atoms with Gasteiger partial charge in [-0.2, -0.15) is 0 Å². The minimum atomic E-state index is -1.08. The number of halogens is 1. The zero-order valence-corrected chi connectivity index (χ0v) is 11.1. The van der Waals surface area contributed by atoms with Crippen LogP contribution in [0.5, 0.6) is 0 Å². The molecule has 0 bridgehead atoms. The number of aromatic amines is 1. The predicted octanol–water partition coefficient (Wildman–Crippen LogP) is 2.70. The Balaban J connectivity index is 2.78. The number of rotatable bonds is 2. The Morgan fingerprint density at radius 2 is 2.17 bits per heavy atom. The van der Waals surface area contributed by atoms with E-state index in [4.69, 9.17) is 5.11 Å². The molecule has 0 atom stereocenters. The number of fused-ring (bicyclic) bond motifs is 1. The van der Waals surface area contributed by atoms with Crippen LogP contribution in [0.1, 0.15) is 11.1 Å². The van der Waals surface area contributed by atoms with Gasteiger partial charge < -0.3 is 10.1 Å². The summed E-state index contributed by atoms with van der Waals surface area (Å²) in [6.45, 7) is 1.80. The molecule has 0 amide bonds. The highest BCUT2D eigenvalue weighted by atomic mass is 79.9. The van der Waals surface area contributed by atoms with Gasteiger partial charge in [-0.05, 0) is 40.6 Å². The number of nitrogens with one attached hydrogen (secondary N) is 1. The largest absolute Gasteiger partial charge is 0.478 e. The van der Waals surface area contributed by atoms with E-state index in [1.807, 2.05) is 18.2 Å². The Hall–Kier alpha value is -1.88. The van der Waals surface area contributed by atoms with Crippen LogP contribution in [-0.2, 0) is 4.79 Å². The number of aromatic nitrogens is 1. The number of carbonyl (C=O) groups is 1. The maximum absolute atomic E-state index is 11.9. The molecule has 0 aliphatic heterocycles. The minimum Gasteiger partial charge on any atom is -0.478 e. The topological polar surface area (TPSA) is 70.2 Å². The van der Waals surface area contributed by atoms with Gasteiger partial charge in [-0.25, -0.2) is 4.79 Å². The first-order valence-electron chi connectivity index (χ1n) is 5.23. The van der Waals surface area contributed by atoms with Crippen LogP contribution in [0.15, 0.2) is 33.5 Å². The molecule has 92 valence electrons. The Morgan fingerprint density at radius 1 is 1.44 bits per heavy atom. The zero-order chi connectivity index (χ0) is 13.3. The van der Waals surface area contributed by atoms with Gasteiger partial charge in [0.2, 0.25) is 0 Å². The van der Waals surface area contributed by atoms with Crippen molar-refractivity contribution in [1.29, 1.82) is 0 Å². The van der Waals surface area contributed by atoms with E-state index in [1.165, 1.54) is 6.08 Å². The number of aryl methyl sites for hydroxylation is 1. The monoisotopic (exact) mass is 307 g/mol. The SMILES string of the molecule is Cc1c(/C=C/C(=O)O)c(=O)[nH]c2c(Br)cccc12. The maximum atomic E-state index is 11.9. The molecule has 0 radical (unpaired) electrons. The fraction of sp³-hybridized carbons (Fsp3) is 0.0769. The minimum absolute atomic E-state index is 0.301. The molecule has 0 saturated heterocycles. The Morgan fingerprint density at radius 3 is 2.83 bits per heavy atom. The second kappa shape index (κ2) is 4.78. The van der Waals surface area contributed by atoms with Crippen LogP contribution in [0.25, 0.3) is 17.0 Å². The Bertz CT molecular complexity index is 716. The third-order valence-electron chi connectivity index (χ3n) is 2.70. The fourth-order valence-electron chi connectivity index (χ4n) is 1.82. The summed E-state index contributed by atoms with van der Waals surface area (Å²) < 4.78 is 0.800. The first-order chi connectivity index (χ1) is 8.50. The van der Waals surface area contributed by atoms with Crippen LogP contribution in [-0.4, -0.2) is 16.1 Å². The molecule has 2 rings (SSSR count). The number of H-pyrrole nitrogens is 1. The number of para-hydroxylation sites is 1. The van der Waals surface area contributed by atoms with Crippen molar-refractivity contribution in [3.63, 3.8) is 0 Å². The smallest absolute Gasteiger partial charge is 0.328 e. The van der Waals surface area contributed by atoms with Gasteiger partial charge in [-0.1, -0.05) is 12.1 Å². The highest BCUT2D eigenvalue weighted by molar-refractivity contribution is 9.10. The molecule has 1 heterocycles. The van der Waals surface area contributed by atoms with E-state index in [0.29, 0.717) is 11.1 Å². The normalized spacial score (nSPS) is 11.2. The molecule has 5 heteroatoms. The number of aliphatic carboxylic acids is 1. The number of carboxylic acid groups (broad SMARTS) is 1. The summed E-state index contributed by atoms with van der Waals surface area (Å²) in [6, 6.07) is 5.58. The summed E-state index contributed by atoms with van der Waals surface area (Å²) in [6.07, 6.45) is 2.28. The van der Waals surface area contributed by atoms with Crippen LogP contribution in [0.3, 0.4) is 0 Å². The fourth-order valence-corrected chi connectivity index (χ4v) is 2.28. The van der Waals surface area contributed by atoms with Crippen molar-refractivity contribution in [1.82, 2.24) is 4.98 Å². The molecule has 1 aromatic heterocycles. The summed E-state index contributed by atoms with van der Waals surface area (Å²) in [5, 5.41) is 9.49. The first kappa shape index (κ1) is 12.6. The average molecular weight is 308 g/mol. The summed E-state index contributed by atoms with van der Waals surface area (Å²) in [4.78, 5) is 25.1. The standard InChI is InChI=1S/C13H10BrNO3/c1-7-8-3-2-4-10(14)12(8)15-13(18)9(7)5-6-11(16)17/h2-6H,1H3,(H,15,18)(H,16,17)/b6-5+. The second-order valence-electron chi connectivity index (χ2n) is 3.83. The number of hydrogen-bond acceptors (Lipinski definition) is 2. The molecule has 0 unspecified atom stereocenters. The molecule has 18 heavy (non-hydrogen) atoms. The second-order valence-corrected chi connectivity index (χ2v) is 4.68. The number of benzene rings is 1. The highest BCUT2D eigenvalue weighted by Crippen LogP contribution is 2.24. The molecule has 0 spiro atoms. The average Bonchev–Trinajstić information content (AvgIpc) is 2.30. The van der Waals surface area contributed by atoms with E-state index in [1.54, 1.807) is 6.92 Å². The molecule has 0 fully saturated rings. The molecular weight excluding hydrogens is 298 g/mol. The molecule has 0 aliphatic rings. The summed E-state index contributed by atoms with van der Waals surface area (Å²) >= 11 is 3.37. The summed E-state index contributed by atoms with van der Waals surface area (Å²) in [5.74, 6) is -1.08. The first-order valence-corrected chi connectivity index (χ1v) is 6.02. The van der Waals surface area contributed by atoms with E-state index >= 15 is 0 Å². The van der Waals surface area contributed by atoms with Crippen LogP contribution >= 0.6 is 15.9 Å². The number of hydrogen-bond donors (Lipinski definition) is 2. The molecule has 2 N–H and O–H groups in total. The van der Waals surface area contributed by atoms with Gasteiger partial charge in [0, 0.05) is 21.5 Å². The Kier molecular flexibility index (Phi) is 3.34. The molecular formula is C13H10BrNO3. The van der Waals surface area contributed by atoms with Crippen molar-refractivity contribution in [2.45, 2.75) is 6.92 Å². The highest BCUT2D eigenvalue weighted by Gasteiger charge is 2.08. The Labute approximate surface area is 111 Å². The lowest BCUT2D eigenvalue weighted by Gasteiger charge is -2.06. The molecule has 1 aromatic carbocycles. The maximum Gasteiger partial charge on any atom is 0.328 e. The third kappa shape index (κ3) is 2.22. The zero-order valence-electron chi connectivity index (χ0n) is 9.53. The van der Waals surface area contributed by atoms with Crippen molar-refractivity contribution < 1.29 is 9.90 Å². The van der Waals surface area contributed by atoms with E-state index < -0.39 is 5.97 Å². The summed E-state index contributed by atoms with van der Waals surface area (Å²) in [7, 11) is 0. The lowest BCUT2D eigenvalue weighted by atomic mass is 10.0. The van der Waals surface area contributed by atoms with Crippen molar-refractivity contribution in [2.75, 3.05) is 0 Å². The van der Waals surface area contributed by atoms with Crippen molar-refractivity contribution >= 4 is 38.9 Å². The van der Waals surface area contributed by atoms with E-state index in [9.17, 15) is 9.59 Å². The van der Waals surface area contributed by atoms with Crippen molar-refractivity contribution in [2.24, 2.45) is 0 Å². The predicted molar refractivity (Wildman–Crippen MR) is 73.7 cm³/mol. The van der Waals surface area contributed by atoms with Crippen LogP contribution in [0.2, 0.25) is 0 Å². The third-order valence-corrected chi connectivity index (χ3v) is 3.36. The van der Waals surface area contributed by atoms with Gasteiger partial charge in [0.25, 0.3) is 5.56 Å². The van der Waals surface area contributed by atoms with Crippen LogP contribution in [0.4, 0.5) is 0 Å². The molecule has 2 aromatic rings. The van der Waals surface area contributed by atoms with Gasteiger partial charge in [-0.15, -0.1) is 0 Å². The van der Waals surface area contributed by atoms with Crippen molar-refractivity contribution in [3.8, 4) is 0 Å². The molecule has 4 nitrogen and oxygen atoms in total. The van der Waals surface area contributed by atoms with E-state index in [2.05, 4.69) is 20.9 Å². The lowest BCUT2D eigenvalue weighted by Crippen LogP contribution is -2.12. The van der Waals surface area contributed by atoms with Gasteiger partial charge in [0.15, 0.2) is 0 Å².